The van der Waals surface area contributed by atoms with E-state index >= 15 is 0 Å². The first-order valence-corrected chi connectivity index (χ1v) is 3.71. The molecular weight excluding hydrogens is 211 g/mol. The Morgan fingerprint density at radius 2 is 2.36 bits per heavy atom. The Morgan fingerprint density at radius 3 is 2.91 bits per heavy atom. The maximum Gasteiger partial charge on any atom is 0.155 e. The second-order valence-corrected chi connectivity index (χ2v) is 2.66. The molecule has 0 spiro atoms. The predicted molar refractivity (Wildman–Crippen MR) is 41.2 cm³/mol. The second-order valence-electron chi connectivity index (χ2n) is 1.91. The van der Waals surface area contributed by atoms with Crippen molar-refractivity contribution in [3.05, 3.63) is 28.2 Å². The van der Waals surface area contributed by atoms with Crippen molar-refractivity contribution in [1.29, 1.82) is 5.26 Å². The van der Waals surface area contributed by atoms with Crippen molar-refractivity contribution in [2.45, 2.75) is 6.42 Å². The second kappa shape index (κ2) is 3.44. The van der Waals surface area contributed by atoms with Crippen molar-refractivity contribution >= 4 is 15.9 Å². The third kappa shape index (κ3) is 1.99. The van der Waals surface area contributed by atoms with Gasteiger partial charge in [-0.2, -0.15) is 5.26 Å². The third-order valence-electron chi connectivity index (χ3n) is 1.12. The number of rotatable bonds is 1. The minimum atomic E-state index is -0.410. The minimum Gasteiger partial charge on any atom is -0.242 e. The fourth-order valence-corrected chi connectivity index (χ4v) is 0.994. The molecule has 0 bridgehead atoms. The molecule has 11 heavy (non-hydrogen) atoms. The highest BCUT2D eigenvalue weighted by Gasteiger charge is 2.00. The molecule has 0 atom stereocenters. The van der Waals surface area contributed by atoms with Gasteiger partial charge in [-0.25, -0.2) is 9.37 Å². The molecule has 1 rings (SSSR count). The van der Waals surface area contributed by atoms with Gasteiger partial charge in [-0.1, -0.05) is 0 Å². The van der Waals surface area contributed by atoms with E-state index in [9.17, 15) is 4.39 Å². The lowest BCUT2D eigenvalue weighted by atomic mass is 10.3. The zero-order chi connectivity index (χ0) is 8.27. The number of hydrogen-bond donors (Lipinski definition) is 0. The molecule has 0 N–H and O–H groups in total. The standard InChI is InChI=1S/C7H4BrFN2/c8-7-6(9)2-1-5(11-7)3-4-10/h1-2H,3H2. The van der Waals surface area contributed by atoms with Crippen LogP contribution < -0.4 is 0 Å². The molecule has 0 aliphatic heterocycles. The van der Waals surface area contributed by atoms with Gasteiger partial charge < -0.3 is 0 Å². The van der Waals surface area contributed by atoms with Crippen molar-refractivity contribution in [1.82, 2.24) is 4.98 Å². The highest BCUT2D eigenvalue weighted by Crippen LogP contribution is 2.12. The van der Waals surface area contributed by atoms with E-state index in [1.54, 1.807) is 0 Å². The van der Waals surface area contributed by atoms with Crippen molar-refractivity contribution in [3.8, 4) is 6.07 Å². The number of nitrogens with zero attached hydrogens (tertiary/aromatic N) is 2. The smallest absolute Gasteiger partial charge is 0.155 e. The lowest BCUT2D eigenvalue weighted by Gasteiger charge is -1.95. The summed E-state index contributed by atoms with van der Waals surface area (Å²) in [6, 6.07) is 4.70. The normalized spacial score (nSPS) is 9.18. The summed E-state index contributed by atoms with van der Waals surface area (Å²) >= 11 is 2.92. The molecule has 0 unspecified atom stereocenters. The van der Waals surface area contributed by atoms with Crippen LogP contribution in [0.4, 0.5) is 4.39 Å². The Balaban J connectivity index is 2.98. The van der Waals surface area contributed by atoms with Crippen molar-refractivity contribution < 1.29 is 4.39 Å². The van der Waals surface area contributed by atoms with Crippen molar-refractivity contribution in [3.63, 3.8) is 0 Å². The van der Waals surface area contributed by atoms with Crippen LogP contribution in [0.2, 0.25) is 0 Å². The van der Waals surface area contributed by atoms with E-state index in [4.69, 9.17) is 5.26 Å². The van der Waals surface area contributed by atoms with Gasteiger partial charge in [0.05, 0.1) is 18.2 Å². The monoisotopic (exact) mass is 214 g/mol. The average molecular weight is 215 g/mol. The predicted octanol–water partition coefficient (Wildman–Crippen LogP) is 2.05. The summed E-state index contributed by atoms with van der Waals surface area (Å²) in [7, 11) is 0. The van der Waals surface area contributed by atoms with E-state index in [0.717, 1.165) is 0 Å². The molecule has 0 aromatic carbocycles. The molecule has 0 amide bonds. The van der Waals surface area contributed by atoms with Crippen LogP contribution in [-0.4, -0.2) is 4.98 Å². The van der Waals surface area contributed by atoms with Crippen LogP contribution in [-0.2, 0) is 6.42 Å². The lowest BCUT2D eigenvalue weighted by Crippen LogP contribution is -1.90. The van der Waals surface area contributed by atoms with E-state index in [2.05, 4.69) is 20.9 Å². The van der Waals surface area contributed by atoms with Gasteiger partial charge in [-0.3, -0.25) is 0 Å². The third-order valence-corrected chi connectivity index (χ3v) is 1.68. The van der Waals surface area contributed by atoms with Gasteiger partial charge in [-0.15, -0.1) is 0 Å². The van der Waals surface area contributed by atoms with E-state index in [1.165, 1.54) is 12.1 Å². The van der Waals surface area contributed by atoms with Gasteiger partial charge in [0.2, 0.25) is 0 Å². The summed E-state index contributed by atoms with van der Waals surface area (Å²) < 4.78 is 12.7. The maximum absolute atomic E-state index is 12.5. The first-order chi connectivity index (χ1) is 5.24. The molecule has 0 aliphatic carbocycles. The molecule has 1 aromatic rings. The van der Waals surface area contributed by atoms with Crippen LogP contribution >= 0.6 is 15.9 Å². The van der Waals surface area contributed by atoms with Gasteiger partial charge >= 0.3 is 0 Å². The molecule has 0 fully saturated rings. The van der Waals surface area contributed by atoms with Crippen LogP contribution in [0.15, 0.2) is 16.7 Å². The van der Waals surface area contributed by atoms with Crippen LogP contribution in [0.5, 0.6) is 0 Å². The van der Waals surface area contributed by atoms with E-state index in [1.807, 2.05) is 6.07 Å². The van der Waals surface area contributed by atoms with Crippen molar-refractivity contribution in [2.75, 3.05) is 0 Å². The van der Waals surface area contributed by atoms with Crippen LogP contribution in [0.25, 0.3) is 0 Å². The fraction of sp³-hybridized carbons (Fsp3) is 0.143. The zero-order valence-electron chi connectivity index (χ0n) is 5.51. The average Bonchev–Trinajstić information content (AvgIpc) is 1.98. The highest BCUT2D eigenvalue weighted by molar-refractivity contribution is 9.10. The van der Waals surface area contributed by atoms with Gasteiger partial charge in [0.15, 0.2) is 5.82 Å². The summed E-state index contributed by atoms with van der Waals surface area (Å²) in [5, 5.41) is 8.28. The molecule has 56 valence electrons. The van der Waals surface area contributed by atoms with E-state index in [0.29, 0.717) is 5.69 Å². The van der Waals surface area contributed by atoms with E-state index < -0.39 is 5.82 Å². The fourth-order valence-electron chi connectivity index (χ4n) is 0.634. The SMILES string of the molecule is N#CCc1ccc(F)c(Br)n1. The Bertz CT molecular complexity index is 306. The zero-order valence-corrected chi connectivity index (χ0v) is 7.10. The lowest BCUT2D eigenvalue weighted by molar-refractivity contribution is 0.611. The number of nitriles is 1. The molecule has 2 nitrogen and oxygen atoms in total. The van der Waals surface area contributed by atoms with Gasteiger partial charge in [0.25, 0.3) is 0 Å². The first kappa shape index (κ1) is 8.15. The summed E-state index contributed by atoms with van der Waals surface area (Å²) in [5.74, 6) is -0.410. The van der Waals surface area contributed by atoms with Crippen LogP contribution in [0.3, 0.4) is 0 Å². The molecule has 0 saturated carbocycles. The van der Waals surface area contributed by atoms with Crippen molar-refractivity contribution in [2.24, 2.45) is 0 Å². The Hall–Kier alpha value is -0.950. The molecule has 1 aromatic heterocycles. The van der Waals surface area contributed by atoms with Crippen LogP contribution in [0, 0.1) is 17.1 Å². The number of pyridine rings is 1. The number of aromatic nitrogens is 1. The molecular formula is C7H4BrFN2. The number of hydrogen-bond acceptors (Lipinski definition) is 2. The Kier molecular flexibility index (Phi) is 2.55. The summed E-state index contributed by atoms with van der Waals surface area (Å²) in [4.78, 5) is 3.78. The van der Waals surface area contributed by atoms with Gasteiger partial charge in [0.1, 0.15) is 4.60 Å². The minimum absolute atomic E-state index is 0.158. The quantitative estimate of drug-likeness (QED) is 0.672. The van der Waals surface area contributed by atoms with Crippen LogP contribution in [0.1, 0.15) is 5.69 Å². The molecule has 0 aliphatic rings. The Labute approximate surface area is 71.8 Å². The molecule has 0 saturated heterocycles. The Morgan fingerprint density at radius 1 is 1.64 bits per heavy atom. The first-order valence-electron chi connectivity index (χ1n) is 2.92. The molecule has 4 heteroatoms. The largest absolute Gasteiger partial charge is 0.242 e. The summed E-state index contributed by atoms with van der Waals surface area (Å²) in [6.07, 6.45) is 0.207. The maximum atomic E-state index is 12.5. The molecule has 0 radical (unpaired) electrons. The van der Waals surface area contributed by atoms with Gasteiger partial charge in [0, 0.05) is 0 Å². The number of halogens is 2. The summed E-state index contributed by atoms with van der Waals surface area (Å²) in [6.45, 7) is 0. The van der Waals surface area contributed by atoms with Gasteiger partial charge in [-0.05, 0) is 28.1 Å². The topological polar surface area (TPSA) is 36.7 Å². The van der Waals surface area contributed by atoms with E-state index in [-0.39, 0.29) is 11.0 Å². The summed E-state index contributed by atoms with van der Waals surface area (Å²) in [5.41, 5.74) is 0.570. The highest BCUT2D eigenvalue weighted by atomic mass is 79.9. The molecule has 1 heterocycles.